The van der Waals surface area contributed by atoms with Crippen LogP contribution in [0.2, 0.25) is 0 Å². The van der Waals surface area contributed by atoms with Crippen LogP contribution in [0.25, 0.3) is 10.6 Å². The van der Waals surface area contributed by atoms with Gasteiger partial charge >= 0.3 is 0 Å². The van der Waals surface area contributed by atoms with E-state index in [-0.39, 0.29) is 12.4 Å². The van der Waals surface area contributed by atoms with Gasteiger partial charge in [0.05, 0.1) is 16.8 Å². The number of aromatic nitrogens is 2. The quantitative estimate of drug-likeness (QED) is 0.857. The van der Waals surface area contributed by atoms with Gasteiger partial charge in [-0.3, -0.25) is 10.00 Å². The summed E-state index contributed by atoms with van der Waals surface area (Å²) < 4.78 is 0. The van der Waals surface area contributed by atoms with Gasteiger partial charge < -0.3 is 5.32 Å². The monoisotopic (exact) mass is 326 g/mol. The maximum atomic E-state index is 4.18. The topological polar surface area (TPSA) is 44.0 Å². The zero-order chi connectivity index (χ0) is 13.8. The molecular weight excluding hydrogens is 304 g/mol. The number of halogens is 1. The van der Waals surface area contributed by atoms with Gasteiger partial charge in [0.15, 0.2) is 0 Å². The van der Waals surface area contributed by atoms with Crippen molar-refractivity contribution in [3.63, 3.8) is 0 Å². The fourth-order valence-electron chi connectivity index (χ4n) is 2.81. The molecular formula is C15H23ClN4S. The summed E-state index contributed by atoms with van der Waals surface area (Å²) in [5.41, 5.74) is 2.40. The van der Waals surface area contributed by atoms with Crippen molar-refractivity contribution in [1.29, 1.82) is 0 Å². The summed E-state index contributed by atoms with van der Waals surface area (Å²) in [6.07, 6.45) is 4.64. The van der Waals surface area contributed by atoms with E-state index in [1.165, 1.54) is 36.4 Å². The minimum Gasteiger partial charge on any atom is -0.311 e. The number of H-pyrrole nitrogens is 1. The van der Waals surface area contributed by atoms with Crippen LogP contribution in [0, 0.1) is 0 Å². The van der Waals surface area contributed by atoms with Crippen molar-refractivity contribution < 1.29 is 0 Å². The SMILES string of the molecule is CC(CNCc1cn[nH]c1-c1cccs1)N1CCCC1.Cl. The molecule has 1 unspecified atom stereocenters. The average molecular weight is 327 g/mol. The molecule has 116 valence electrons. The van der Waals surface area contributed by atoms with Crippen LogP contribution in [0.15, 0.2) is 23.7 Å². The molecule has 1 aliphatic rings. The first-order chi connectivity index (χ1) is 9.84. The van der Waals surface area contributed by atoms with Gasteiger partial charge in [-0.15, -0.1) is 23.7 Å². The second-order valence-electron chi connectivity index (χ2n) is 5.47. The third kappa shape index (κ3) is 4.07. The van der Waals surface area contributed by atoms with Crippen molar-refractivity contribution in [3.05, 3.63) is 29.3 Å². The predicted octanol–water partition coefficient (Wildman–Crippen LogP) is 3.13. The molecule has 0 aromatic carbocycles. The van der Waals surface area contributed by atoms with Crippen LogP contribution in [0.1, 0.15) is 25.3 Å². The van der Waals surface area contributed by atoms with Gasteiger partial charge in [-0.1, -0.05) is 6.07 Å². The molecule has 0 amide bonds. The third-order valence-electron chi connectivity index (χ3n) is 4.00. The Bertz CT molecular complexity index is 520. The van der Waals surface area contributed by atoms with Gasteiger partial charge in [0.25, 0.3) is 0 Å². The lowest BCUT2D eigenvalue weighted by atomic mass is 10.2. The molecule has 0 saturated carbocycles. The van der Waals surface area contributed by atoms with Crippen molar-refractivity contribution in [2.24, 2.45) is 0 Å². The Morgan fingerprint density at radius 3 is 2.95 bits per heavy atom. The molecule has 1 atom stereocenters. The highest BCUT2D eigenvalue weighted by atomic mass is 35.5. The highest BCUT2D eigenvalue weighted by molar-refractivity contribution is 7.13. The molecule has 1 saturated heterocycles. The van der Waals surface area contributed by atoms with E-state index in [1.54, 1.807) is 11.3 Å². The number of aromatic amines is 1. The Labute approximate surface area is 136 Å². The Morgan fingerprint density at radius 1 is 1.43 bits per heavy atom. The lowest BCUT2D eigenvalue weighted by molar-refractivity contribution is 0.251. The second kappa shape index (κ2) is 7.94. The molecule has 0 aliphatic carbocycles. The zero-order valence-electron chi connectivity index (χ0n) is 12.3. The van der Waals surface area contributed by atoms with E-state index < -0.39 is 0 Å². The van der Waals surface area contributed by atoms with E-state index in [0.29, 0.717) is 6.04 Å². The van der Waals surface area contributed by atoms with Crippen molar-refractivity contribution in [2.75, 3.05) is 19.6 Å². The van der Waals surface area contributed by atoms with Crippen LogP contribution >= 0.6 is 23.7 Å². The molecule has 1 fully saturated rings. The summed E-state index contributed by atoms with van der Waals surface area (Å²) in [7, 11) is 0. The number of hydrogen-bond donors (Lipinski definition) is 2. The van der Waals surface area contributed by atoms with Crippen LogP contribution in [0.5, 0.6) is 0 Å². The lowest BCUT2D eigenvalue weighted by Gasteiger charge is -2.23. The van der Waals surface area contributed by atoms with Crippen LogP contribution < -0.4 is 5.32 Å². The van der Waals surface area contributed by atoms with E-state index >= 15 is 0 Å². The molecule has 4 nitrogen and oxygen atoms in total. The first kappa shape index (κ1) is 16.5. The highest BCUT2D eigenvalue weighted by Crippen LogP contribution is 2.25. The molecule has 21 heavy (non-hydrogen) atoms. The number of thiophene rings is 1. The second-order valence-corrected chi connectivity index (χ2v) is 6.42. The minimum atomic E-state index is 0. The van der Waals surface area contributed by atoms with Gasteiger partial charge in [-0.05, 0) is 44.3 Å². The zero-order valence-corrected chi connectivity index (χ0v) is 14.0. The Kier molecular flexibility index (Phi) is 6.23. The Hall–Kier alpha value is -0.880. The smallest absolute Gasteiger partial charge is 0.0794 e. The van der Waals surface area contributed by atoms with Crippen molar-refractivity contribution >= 4 is 23.7 Å². The Balaban J connectivity index is 0.00000161. The van der Waals surface area contributed by atoms with Gasteiger partial charge in [0.1, 0.15) is 0 Å². The van der Waals surface area contributed by atoms with E-state index in [1.807, 2.05) is 6.20 Å². The fourth-order valence-corrected chi connectivity index (χ4v) is 3.56. The molecule has 2 aromatic heterocycles. The number of likely N-dealkylation sites (tertiary alicyclic amines) is 1. The van der Waals surface area contributed by atoms with E-state index in [4.69, 9.17) is 0 Å². The lowest BCUT2D eigenvalue weighted by Crippen LogP contribution is -2.38. The Morgan fingerprint density at radius 2 is 2.24 bits per heavy atom. The number of hydrogen-bond acceptors (Lipinski definition) is 4. The van der Waals surface area contributed by atoms with Crippen LogP contribution in [-0.2, 0) is 6.54 Å². The molecule has 0 spiro atoms. The standard InChI is InChI=1S/C15H22N4S.ClH/c1-12(19-6-2-3-7-19)9-16-10-13-11-17-18-15(13)14-5-4-8-20-14;/h4-5,8,11-12,16H,2-3,6-7,9-10H2,1H3,(H,17,18);1H. The van der Waals surface area contributed by atoms with Gasteiger partial charge in [-0.2, -0.15) is 5.10 Å². The summed E-state index contributed by atoms with van der Waals surface area (Å²) in [6.45, 7) is 6.74. The summed E-state index contributed by atoms with van der Waals surface area (Å²) in [5.74, 6) is 0. The maximum Gasteiger partial charge on any atom is 0.0794 e. The van der Waals surface area contributed by atoms with E-state index in [2.05, 4.69) is 44.9 Å². The van der Waals surface area contributed by atoms with Crippen molar-refractivity contribution in [1.82, 2.24) is 20.4 Å². The number of nitrogens with zero attached hydrogens (tertiary/aromatic N) is 2. The molecule has 0 bridgehead atoms. The molecule has 1 aliphatic heterocycles. The third-order valence-corrected chi connectivity index (χ3v) is 4.89. The maximum absolute atomic E-state index is 4.18. The summed E-state index contributed by atoms with van der Waals surface area (Å²) >= 11 is 1.75. The fraction of sp³-hybridized carbons (Fsp3) is 0.533. The van der Waals surface area contributed by atoms with E-state index in [9.17, 15) is 0 Å². The highest BCUT2D eigenvalue weighted by Gasteiger charge is 2.17. The van der Waals surface area contributed by atoms with Crippen LogP contribution in [-0.4, -0.2) is 40.8 Å². The summed E-state index contributed by atoms with van der Waals surface area (Å²) in [4.78, 5) is 3.83. The summed E-state index contributed by atoms with van der Waals surface area (Å²) in [5, 5.41) is 13.0. The van der Waals surface area contributed by atoms with Gasteiger partial charge in [0, 0.05) is 24.7 Å². The first-order valence-electron chi connectivity index (χ1n) is 7.35. The predicted molar refractivity (Wildman–Crippen MR) is 91.1 cm³/mol. The molecule has 3 rings (SSSR count). The van der Waals surface area contributed by atoms with Gasteiger partial charge in [0.2, 0.25) is 0 Å². The largest absolute Gasteiger partial charge is 0.311 e. The normalized spacial score (nSPS) is 16.8. The minimum absolute atomic E-state index is 0. The summed E-state index contributed by atoms with van der Waals surface area (Å²) in [6, 6.07) is 4.83. The van der Waals surface area contributed by atoms with Gasteiger partial charge in [-0.25, -0.2) is 0 Å². The number of nitrogens with one attached hydrogen (secondary N) is 2. The van der Waals surface area contributed by atoms with Crippen molar-refractivity contribution in [2.45, 2.75) is 32.4 Å². The molecule has 3 heterocycles. The van der Waals surface area contributed by atoms with Crippen LogP contribution in [0.3, 0.4) is 0 Å². The number of rotatable bonds is 6. The van der Waals surface area contributed by atoms with Crippen molar-refractivity contribution in [3.8, 4) is 10.6 Å². The van der Waals surface area contributed by atoms with E-state index in [0.717, 1.165) is 18.8 Å². The van der Waals surface area contributed by atoms with Crippen LogP contribution in [0.4, 0.5) is 0 Å². The first-order valence-corrected chi connectivity index (χ1v) is 8.23. The molecule has 0 radical (unpaired) electrons. The average Bonchev–Trinajstić information content (AvgIpc) is 3.20. The molecule has 6 heteroatoms. The molecule has 2 aromatic rings. The molecule has 2 N–H and O–H groups in total.